The number of nitrogens with zero attached hydrogens (tertiary/aromatic N) is 1. The van der Waals surface area contributed by atoms with Crippen molar-refractivity contribution in [1.29, 1.82) is 0 Å². The molecule has 0 saturated carbocycles. The zero-order valence-corrected chi connectivity index (χ0v) is 19.1. The molecule has 2 amide bonds. The van der Waals surface area contributed by atoms with Gasteiger partial charge in [0.2, 0.25) is 15.9 Å². The molecule has 1 aliphatic rings. The number of carbonyl (C=O) groups excluding carboxylic acids is 2. The Bertz CT molecular complexity index is 1050. The Hall–Kier alpha value is -3.15. The summed E-state index contributed by atoms with van der Waals surface area (Å²) in [6, 6.07) is 13.2. The van der Waals surface area contributed by atoms with Crippen LogP contribution in [0.4, 0.5) is 5.69 Å². The third-order valence-electron chi connectivity index (χ3n) is 4.67. The predicted octanol–water partition coefficient (Wildman–Crippen LogP) is 1.24. The summed E-state index contributed by atoms with van der Waals surface area (Å²) in [5.74, 6) is -0.230. The lowest BCUT2D eigenvalue weighted by molar-refractivity contribution is -0.125. The Labute approximate surface area is 192 Å². The van der Waals surface area contributed by atoms with Gasteiger partial charge in [-0.2, -0.15) is 4.31 Å². The van der Waals surface area contributed by atoms with Crippen molar-refractivity contribution in [3.05, 3.63) is 48.5 Å². The first-order valence-corrected chi connectivity index (χ1v) is 11.9. The molecule has 3 rings (SSSR count). The third-order valence-corrected chi connectivity index (χ3v) is 6.59. The van der Waals surface area contributed by atoms with Gasteiger partial charge in [-0.1, -0.05) is 18.2 Å². The van der Waals surface area contributed by atoms with Gasteiger partial charge in [-0.15, -0.1) is 0 Å². The molecule has 0 radical (unpaired) electrons. The van der Waals surface area contributed by atoms with Gasteiger partial charge in [-0.3, -0.25) is 9.59 Å². The van der Waals surface area contributed by atoms with E-state index in [1.165, 1.54) is 16.4 Å². The minimum atomic E-state index is -3.84. The Kier molecular flexibility index (Phi) is 8.64. The summed E-state index contributed by atoms with van der Waals surface area (Å²) in [5, 5.41) is 5.06. The van der Waals surface area contributed by atoms with Crippen LogP contribution < -0.4 is 20.1 Å². The highest BCUT2D eigenvalue weighted by Gasteiger charge is 2.29. The van der Waals surface area contributed by atoms with E-state index in [0.717, 1.165) is 0 Å². The third kappa shape index (κ3) is 6.91. The van der Waals surface area contributed by atoms with Crippen LogP contribution in [-0.2, 0) is 24.3 Å². The highest BCUT2D eigenvalue weighted by atomic mass is 32.2. The van der Waals surface area contributed by atoms with Crippen LogP contribution in [0, 0.1) is 0 Å². The maximum Gasteiger partial charge on any atom is 0.258 e. The van der Waals surface area contributed by atoms with E-state index in [2.05, 4.69) is 10.6 Å². The Morgan fingerprint density at radius 3 is 2.45 bits per heavy atom. The molecule has 2 aromatic rings. The highest BCUT2D eigenvalue weighted by Crippen LogP contribution is 2.30. The van der Waals surface area contributed by atoms with Crippen LogP contribution in [0.2, 0.25) is 0 Å². The number of nitrogens with one attached hydrogen (secondary N) is 2. The Balaban J connectivity index is 1.61. The van der Waals surface area contributed by atoms with Crippen molar-refractivity contribution in [2.45, 2.75) is 11.8 Å². The summed E-state index contributed by atoms with van der Waals surface area (Å²) in [4.78, 5) is 24.2. The van der Waals surface area contributed by atoms with Crippen LogP contribution in [-0.4, -0.2) is 70.6 Å². The maximum atomic E-state index is 13.1. The first-order chi connectivity index (χ1) is 15.9. The zero-order valence-electron chi connectivity index (χ0n) is 18.3. The number of carbonyl (C=O) groups is 2. The SMILES string of the molecule is CCOc1ccc(NC(=O)CNC(=O)COc2ccccc2)cc1S(=O)(=O)N1CCOCC1. The fraction of sp³-hybridized carbons (Fsp3) is 0.364. The van der Waals surface area contributed by atoms with Gasteiger partial charge in [0.15, 0.2) is 6.61 Å². The molecule has 0 aliphatic carbocycles. The topological polar surface area (TPSA) is 123 Å². The normalized spacial score (nSPS) is 14.3. The van der Waals surface area contributed by atoms with Crippen molar-refractivity contribution < 1.29 is 32.2 Å². The molecule has 33 heavy (non-hydrogen) atoms. The van der Waals surface area contributed by atoms with E-state index < -0.39 is 21.8 Å². The van der Waals surface area contributed by atoms with Crippen LogP contribution in [0.5, 0.6) is 11.5 Å². The van der Waals surface area contributed by atoms with Gasteiger partial charge in [0, 0.05) is 18.8 Å². The van der Waals surface area contributed by atoms with E-state index in [1.54, 1.807) is 37.3 Å². The van der Waals surface area contributed by atoms with Gasteiger partial charge in [-0.05, 0) is 37.3 Å². The molecule has 1 saturated heterocycles. The summed E-state index contributed by atoms with van der Waals surface area (Å²) in [7, 11) is -3.84. The molecule has 2 aromatic carbocycles. The number of anilines is 1. The van der Waals surface area contributed by atoms with Gasteiger partial charge >= 0.3 is 0 Å². The molecule has 1 aliphatic heterocycles. The molecule has 0 atom stereocenters. The minimum absolute atomic E-state index is 0.0376. The van der Waals surface area contributed by atoms with Crippen molar-refractivity contribution in [3.8, 4) is 11.5 Å². The minimum Gasteiger partial charge on any atom is -0.492 e. The van der Waals surface area contributed by atoms with E-state index in [9.17, 15) is 18.0 Å². The largest absolute Gasteiger partial charge is 0.492 e. The first-order valence-electron chi connectivity index (χ1n) is 10.5. The lowest BCUT2D eigenvalue weighted by atomic mass is 10.3. The van der Waals surface area contributed by atoms with Crippen LogP contribution in [0.15, 0.2) is 53.4 Å². The molecule has 1 heterocycles. The van der Waals surface area contributed by atoms with Crippen LogP contribution in [0.1, 0.15) is 6.92 Å². The fourth-order valence-electron chi connectivity index (χ4n) is 3.09. The summed E-state index contributed by atoms with van der Waals surface area (Å²) in [6.45, 7) is 2.61. The number of benzene rings is 2. The number of rotatable bonds is 10. The van der Waals surface area contributed by atoms with Gasteiger partial charge in [0.05, 0.1) is 26.4 Å². The highest BCUT2D eigenvalue weighted by molar-refractivity contribution is 7.89. The Morgan fingerprint density at radius 2 is 1.76 bits per heavy atom. The predicted molar refractivity (Wildman–Crippen MR) is 121 cm³/mol. The van der Waals surface area contributed by atoms with Crippen molar-refractivity contribution in [3.63, 3.8) is 0 Å². The second-order valence-electron chi connectivity index (χ2n) is 7.04. The molecule has 0 spiro atoms. The van der Waals surface area contributed by atoms with E-state index in [1.807, 2.05) is 6.07 Å². The van der Waals surface area contributed by atoms with Crippen molar-refractivity contribution in [1.82, 2.24) is 9.62 Å². The molecule has 0 aromatic heterocycles. The number of para-hydroxylation sites is 1. The molecule has 0 unspecified atom stereocenters. The monoisotopic (exact) mass is 477 g/mol. The second-order valence-corrected chi connectivity index (χ2v) is 8.94. The summed E-state index contributed by atoms with van der Waals surface area (Å²) >= 11 is 0. The van der Waals surface area contributed by atoms with Crippen molar-refractivity contribution in [2.24, 2.45) is 0 Å². The molecular weight excluding hydrogens is 450 g/mol. The molecule has 2 N–H and O–H groups in total. The summed E-state index contributed by atoms with van der Waals surface area (Å²) in [5.41, 5.74) is 0.269. The zero-order chi connectivity index (χ0) is 23.7. The maximum absolute atomic E-state index is 13.1. The number of amides is 2. The smallest absolute Gasteiger partial charge is 0.258 e. The van der Waals surface area contributed by atoms with E-state index in [0.29, 0.717) is 19.0 Å². The first kappa shape index (κ1) is 24.5. The average Bonchev–Trinajstić information content (AvgIpc) is 2.83. The van der Waals surface area contributed by atoms with Gasteiger partial charge in [0.1, 0.15) is 16.4 Å². The average molecular weight is 478 g/mol. The lowest BCUT2D eigenvalue weighted by Gasteiger charge is -2.27. The molecule has 178 valence electrons. The standard InChI is InChI=1S/C22H27N3O7S/c1-2-31-19-9-8-17(14-20(19)33(28,29)25-10-12-30-13-11-25)24-21(26)15-23-22(27)16-32-18-6-4-3-5-7-18/h3-9,14H,2,10-13,15-16H2,1H3,(H,23,27)(H,24,26). The number of hydrogen-bond acceptors (Lipinski definition) is 7. The fourth-order valence-corrected chi connectivity index (χ4v) is 4.65. The quantitative estimate of drug-likeness (QED) is 0.528. The summed E-state index contributed by atoms with van der Waals surface area (Å²) in [6.07, 6.45) is 0. The van der Waals surface area contributed by atoms with E-state index in [-0.39, 0.29) is 49.2 Å². The lowest BCUT2D eigenvalue weighted by Crippen LogP contribution is -2.40. The van der Waals surface area contributed by atoms with Gasteiger partial charge in [0.25, 0.3) is 5.91 Å². The number of sulfonamides is 1. The number of hydrogen-bond donors (Lipinski definition) is 2. The van der Waals surface area contributed by atoms with E-state index in [4.69, 9.17) is 14.2 Å². The molecule has 0 bridgehead atoms. The number of morpholine rings is 1. The molecule has 10 nitrogen and oxygen atoms in total. The van der Waals surface area contributed by atoms with Crippen molar-refractivity contribution in [2.75, 3.05) is 51.4 Å². The van der Waals surface area contributed by atoms with Crippen molar-refractivity contribution >= 4 is 27.5 Å². The molecule has 11 heteroatoms. The van der Waals surface area contributed by atoms with Gasteiger partial charge < -0.3 is 24.8 Å². The van der Waals surface area contributed by atoms with E-state index >= 15 is 0 Å². The van der Waals surface area contributed by atoms with Crippen LogP contribution >= 0.6 is 0 Å². The molecule has 1 fully saturated rings. The summed E-state index contributed by atoms with van der Waals surface area (Å²) < 4.78 is 43.6. The number of ether oxygens (including phenoxy) is 3. The van der Waals surface area contributed by atoms with Gasteiger partial charge in [-0.25, -0.2) is 8.42 Å². The Morgan fingerprint density at radius 1 is 1.03 bits per heavy atom. The van der Waals surface area contributed by atoms with Crippen LogP contribution in [0.3, 0.4) is 0 Å². The van der Waals surface area contributed by atoms with Crippen LogP contribution in [0.25, 0.3) is 0 Å². The second kappa shape index (κ2) is 11.6. The molecular formula is C22H27N3O7S.